The molecule has 3 N–H and O–H groups in total. The van der Waals surface area contributed by atoms with Crippen LogP contribution in [0.2, 0.25) is 0 Å². The van der Waals surface area contributed by atoms with Gasteiger partial charge in [0.15, 0.2) is 0 Å². The lowest BCUT2D eigenvalue weighted by molar-refractivity contribution is -0.121. The van der Waals surface area contributed by atoms with Gasteiger partial charge in [-0.1, -0.05) is 13.3 Å². The van der Waals surface area contributed by atoms with Gasteiger partial charge < -0.3 is 16.0 Å². The maximum Gasteiger partial charge on any atom is 0.221 e. The van der Waals surface area contributed by atoms with Gasteiger partial charge in [-0.25, -0.2) is 0 Å². The Bertz CT molecular complexity index is 202. The third-order valence-corrected chi connectivity index (χ3v) is 3.02. The summed E-state index contributed by atoms with van der Waals surface area (Å²) in [6.45, 7) is 4.78. The van der Waals surface area contributed by atoms with E-state index in [1.54, 1.807) is 0 Å². The standard InChI is InChI=1S/C11H23N3O/c1-9(11(12)15)7-14(2)8-10-5-3-4-6-13-10/h9-10,13H,3-8H2,1-2H3,(H2,12,15). The number of nitrogens with two attached hydrogens (primary N) is 1. The Morgan fingerprint density at radius 2 is 2.33 bits per heavy atom. The van der Waals surface area contributed by atoms with Gasteiger partial charge in [-0.05, 0) is 26.4 Å². The summed E-state index contributed by atoms with van der Waals surface area (Å²) < 4.78 is 0. The molecule has 0 radical (unpaired) electrons. The molecule has 0 saturated carbocycles. The number of amides is 1. The van der Waals surface area contributed by atoms with E-state index < -0.39 is 0 Å². The van der Waals surface area contributed by atoms with Crippen molar-refractivity contribution in [1.82, 2.24) is 10.2 Å². The molecule has 4 heteroatoms. The summed E-state index contributed by atoms with van der Waals surface area (Å²) in [7, 11) is 2.05. The number of nitrogens with one attached hydrogen (secondary N) is 1. The van der Waals surface area contributed by atoms with E-state index >= 15 is 0 Å². The minimum Gasteiger partial charge on any atom is -0.369 e. The predicted molar refractivity (Wildman–Crippen MR) is 61.5 cm³/mol. The SMILES string of the molecule is CC(CN(C)CC1CCCCN1)C(N)=O. The maximum absolute atomic E-state index is 10.9. The lowest BCUT2D eigenvalue weighted by Gasteiger charge is -2.29. The second-order valence-electron chi connectivity index (χ2n) is 4.67. The second-order valence-corrected chi connectivity index (χ2v) is 4.67. The van der Waals surface area contributed by atoms with Crippen molar-refractivity contribution in [2.24, 2.45) is 11.7 Å². The summed E-state index contributed by atoms with van der Waals surface area (Å²) in [5, 5.41) is 3.49. The zero-order valence-electron chi connectivity index (χ0n) is 9.83. The fourth-order valence-electron chi connectivity index (χ4n) is 2.09. The highest BCUT2D eigenvalue weighted by Gasteiger charge is 2.17. The Morgan fingerprint density at radius 1 is 1.60 bits per heavy atom. The van der Waals surface area contributed by atoms with Crippen LogP contribution in [0.5, 0.6) is 0 Å². The first-order valence-corrected chi connectivity index (χ1v) is 5.81. The molecule has 15 heavy (non-hydrogen) atoms. The van der Waals surface area contributed by atoms with Gasteiger partial charge in [0.2, 0.25) is 5.91 Å². The van der Waals surface area contributed by atoms with Crippen molar-refractivity contribution in [2.75, 3.05) is 26.7 Å². The molecule has 0 aromatic carbocycles. The average Bonchev–Trinajstić information content (AvgIpc) is 2.18. The van der Waals surface area contributed by atoms with Gasteiger partial charge in [-0.2, -0.15) is 0 Å². The quantitative estimate of drug-likeness (QED) is 0.685. The predicted octanol–water partition coefficient (Wildman–Crippen LogP) is 0.182. The lowest BCUT2D eigenvalue weighted by atomic mass is 10.0. The van der Waals surface area contributed by atoms with E-state index in [0.717, 1.165) is 19.6 Å². The first-order valence-electron chi connectivity index (χ1n) is 5.81. The number of carbonyl (C=O) groups excluding carboxylic acids is 1. The van der Waals surface area contributed by atoms with Crippen LogP contribution < -0.4 is 11.1 Å². The molecule has 1 fully saturated rings. The van der Waals surface area contributed by atoms with Gasteiger partial charge in [-0.15, -0.1) is 0 Å². The molecule has 1 heterocycles. The van der Waals surface area contributed by atoms with Crippen LogP contribution in [-0.2, 0) is 4.79 Å². The molecule has 0 bridgehead atoms. The topological polar surface area (TPSA) is 58.4 Å². The van der Waals surface area contributed by atoms with E-state index in [1.807, 2.05) is 6.92 Å². The summed E-state index contributed by atoms with van der Waals surface area (Å²) in [6, 6.07) is 0.587. The molecule has 88 valence electrons. The summed E-state index contributed by atoms with van der Waals surface area (Å²) in [5.41, 5.74) is 5.24. The Balaban J connectivity index is 2.22. The molecule has 2 unspecified atom stereocenters. The third kappa shape index (κ3) is 4.62. The minimum atomic E-state index is -0.210. The zero-order valence-corrected chi connectivity index (χ0v) is 9.83. The number of hydrogen-bond acceptors (Lipinski definition) is 3. The van der Waals surface area contributed by atoms with Crippen LogP contribution in [0.25, 0.3) is 0 Å². The van der Waals surface area contributed by atoms with Gasteiger partial charge in [0.1, 0.15) is 0 Å². The van der Waals surface area contributed by atoms with Crippen molar-refractivity contribution in [3.05, 3.63) is 0 Å². The molecule has 2 atom stereocenters. The molecule has 0 aromatic heterocycles. The van der Waals surface area contributed by atoms with Crippen molar-refractivity contribution in [2.45, 2.75) is 32.2 Å². The smallest absolute Gasteiger partial charge is 0.221 e. The van der Waals surface area contributed by atoms with Crippen molar-refractivity contribution in [3.63, 3.8) is 0 Å². The number of hydrogen-bond donors (Lipinski definition) is 2. The molecule has 4 nitrogen and oxygen atoms in total. The summed E-state index contributed by atoms with van der Waals surface area (Å²) >= 11 is 0. The van der Waals surface area contributed by atoms with E-state index in [4.69, 9.17) is 5.73 Å². The molecule has 1 aliphatic rings. The summed E-state index contributed by atoms with van der Waals surface area (Å²) in [4.78, 5) is 13.1. The van der Waals surface area contributed by atoms with Crippen LogP contribution in [0.15, 0.2) is 0 Å². The average molecular weight is 213 g/mol. The highest BCUT2D eigenvalue weighted by atomic mass is 16.1. The van der Waals surface area contributed by atoms with Gasteiger partial charge in [-0.3, -0.25) is 4.79 Å². The number of carbonyl (C=O) groups is 1. The Labute approximate surface area is 92.2 Å². The first-order chi connectivity index (χ1) is 7.09. The van der Waals surface area contributed by atoms with Gasteiger partial charge >= 0.3 is 0 Å². The van der Waals surface area contributed by atoms with E-state index in [2.05, 4.69) is 17.3 Å². The molecule has 1 aliphatic heterocycles. The molecule has 0 spiro atoms. The molecule has 0 aromatic rings. The highest BCUT2D eigenvalue weighted by Crippen LogP contribution is 2.08. The van der Waals surface area contributed by atoms with Crippen molar-refractivity contribution in [1.29, 1.82) is 0 Å². The molecule has 1 amide bonds. The third-order valence-electron chi connectivity index (χ3n) is 3.02. The monoisotopic (exact) mass is 213 g/mol. The Hall–Kier alpha value is -0.610. The zero-order chi connectivity index (χ0) is 11.3. The van der Waals surface area contributed by atoms with Crippen LogP contribution in [0.4, 0.5) is 0 Å². The first kappa shape index (κ1) is 12.5. The van der Waals surface area contributed by atoms with Gasteiger partial charge in [0, 0.05) is 25.0 Å². The highest BCUT2D eigenvalue weighted by molar-refractivity contribution is 5.76. The normalized spacial score (nSPS) is 24.1. The maximum atomic E-state index is 10.9. The van der Waals surface area contributed by atoms with Crippen LogP contribution in [0.1, 0.15) is 26.2 Å². The molecular formula is C11H23N3O. The van der Waals surface area contributed by atoms with E-state index in [-0.39, 0.29) is 11.8 Å². The van der Waals surface area contributed by atoms with Crippen LogP contribution in [0.3, 0.4) is 0 Å². The van der Waals surface area contributed by atoms with Crippen LogP contribution >= 0.6 is 0 Å². The van der Waals surface area contributed by atoms with Crippen LogP contribution in [-0.4, -0.2) is 43.5 Å². The Kier molecular flexibility index (Phi) is 5.05. The number of nitrogens with zero attached hydrogens (tertiary/aromatic N) is 1. The minimum absolute atomic E-state index is 0.0569. The van der Waals surface area contributed by atoms with Crippen molar-refractivity contribution < 1.29 is 4.79 Å². The summed E-state index contributed by atoms with van der Waals surface area (Å²) in [5.74, 6) is -0.267. The Morgan fingerprint density at radius 3 is 2.87 bits per heavy atom. The van der Waals surface area contributed by atoms with E-state index in [1.165, 1.54) is 19.3 Å². The second kappa shape index (κ2) is 6.08. The number of rotatable bonds is 5. The van der Waals surface area contributed by atoms with Gasteiger partial charge in [0.05, 0.1) is 0 Å². The molecule has 1 saturated heterocycles. The number of piperidine rings is 1. The lowest BCUT2D eigenvalue weighted by Crippen LogP contribution is -2.44. The number of likely N-dealkylation sites (N-methyl/N-ethyl adjacent to an activating group) is 1. The molecular weight excluding hydrogens is 190 g/mol. The van der Waals surface area contributed by atoms with Crippen molar-refractivity contribution >= 4 is 5.91 Å². The fraction of sp³-hybridized carbons (Fsp3) is 0.909. The summed E-state index contributed by atoms with van der Waals surface area (Å²) in [6.07, 6.45) is 3.85. The van der Waals surface area contributed by atoms with Gasteiger partial charge in [0.25, 0.3) is 0 Å². The van der Waals surface area contributed by atoms with Crippen LogP contribution in [0, 0.1) is 5.92 Å². The largest absolute Gasteiger partial charge is 0.369 e. The van der Waals surface area contributed by atoms with E-state index in [0.29, 0.717) is 6.04 Å². The fourth-order valence-corrected chi connectivity index (χ4v) is 2.09. The molecule has 1 rings (SSSR count). The molecule has 0 aliphatic carbocycles. The van der Waals surface area contributed by atoms with Crippen molar-refractivity contribution in [3.8, 4) is 0 Å². The number of primary amides is 1. The van der Waals surface area contributed by atoms with E-state index in [9.17, 15) is 4.79 Å².